The number of nitrogens with zero attached hydrogens (tertiary/aromatic N) is 3. The van der Waals surface area contributed by atoms with E-state index in [0.29, 0.717) is 11.4 Å². The van der Waals surface area contributed by atoms with Crippen molar-refractivity contribution in [3.8, 4) is 5.75 Å². The van der Waals surface area contributed by atoms with Gasteiger partial charge in [-0.15, -0.1) is 0 Å². The molecule has 2 heterocycles. The van der Waals surface area contributed by atoms with E-state index in [1.54, 1.807) is 37.7 Å². The highest BCUT2D eigenvalue weighted by molar-refractivity contribution is 6.21. The third-order valence-corrected chi connectivity index (χ3v) is 4.98. The smallest absolute Gasteiger partial charge is 0.257 e. The second kappa shape index (κ2) is 5.98. The molecule has 0 unspecified atom stereocenters. The van der Waals surface area contributed by atoms with Crippen molar-refractivity contribution < 1.29 is 14.3 Å². The normalized spacial score (nSPS) is 17.3. The number of rotatable bonds is 3. The second-order valence-corrected chi connectivity index (χ2v) is 6.56. The maximum atomic E-state index is 13.0. The molecule has 0 saturated carbocycles. The molecule has 0 bridgehead atoms. The van der Waals surface area contributed by atoms with Crippen molar-refractivity contribution in [3.05, 3.63) is 53.9 Å². The molecule has 4 rings (SSSR count). The SMILES string of the molecule is COc1ccc(N2C(=O)C[C@@H](n3cnc4cc(C)c(C)cc43)C2=O)cc1. The highest BCUT2D eigenvalue weighted by Crippen LogP contribution is 2.33. The van der Waals surface area contributed by atoms with E-state index < -0.39 is 6.04 Å². The van der Waals surface area contributed by atoms with Crippen LogP contribution in [-0.2, 0) is 9.59 Å². The van der Waals surface area contributed by atoms with E-state index in [1.807, 2.05) is 30.5 Å². The highest BCUT2D eigenvalue weighted by atomic mass is 16.5. The van der Waals surface area contributed by atoms with Gasteiger partial charge in [0.25, 0.3) is 5.91 Å². The molecule has 6 heteroatoms. The fourth-order valence-corrected chi connectivity index (χ4v) is 3.37. The van der Waals surface area contributed by atoms with Gasteiger partial charge in [-0.2, -0.15) is 0 Å². The molecule has 2 amide bonds. The van der Waals surface area contributed by atoms with Crippen molar-refractivity contribution in [2.45, 2.75) is 26.3 Å². The van der Waals surface area contributed by atoms with Crippen molar-refractivity contribution in [2.75, 3.05) is 12.0 Å². The number of carbonyl (C=O) groups is 2. The predicted octanol–water partition coefficient (Wildman–Crippen LogP) is 3.17. The van der Waals surface area contributed by atoms with Crippen molar-refractivity contribution in [1.29, 1.82) is 0 Å². The number of hydrogen-bond acceptors (Lipinski definition) is 4. The molecule has 3 aromatic rings. The van der Waals surface area contributed by atoms with Crippen molar-refractivity contribution in [2.24, 2.45) is 0 Å². The summed E-state index contributed by atoms with van der Waals surface area (Å²) in [5.74, 6) is 0.226. The van der Waals surface area contributed by atoms with E-state index in [-0.39, 0.29) is 18.2 Å². The third kappa shape index (κ3) is 2.45. The highest BCUT2D eigenvalue weighted by Gasteiger charge is 2.41. The average molecular weight is 349 g/mol. The molecular formula is C20H19N3O3. The first-order valence-electron chi connectivity index (χ1n) is 8.44. The fourth-order valence-electron chi connectivity index (χ4n) is 3.37. The Labute approximate surface area is 151 Å². The Kier molecular flexibility index (Phi) is 3.76. The summed E-state index contributed by atoms with van der Waals surface area (Å²) in [6.45, 7) is 4.06. The quantitative estimate of drug-likeness (QED) is 0.681. The lowest BCUT2D eigenvalue weighted by molar-refractivity contribution is -0.122. The number of benzene rings is 2. The Morgan fingerprint density at radius 1 is 1.08 bits per heavy atom. The molecular weight excluding hydrogens is 330 g/mol. The predicted molar refractivity (Wildman–Crippen MR) is 98.3 cm³/mol. The van der Waals surface area contributed by atoms with Crippen LogP contribution < -0.4 is 9.64 Å². The zero-order valence-corrected chi connectivity index (χ0v) is 14.9. The molecule has 1 fully saturated rings. The van der Waals surface area contributed by atoms with Gasteiger partial charge in [0.05, 0.1) is 36.6 Å². The Morgan fingerprint density at radius 2 is 1.77 bits per heavy atom. The Hall–Kier alpha value is -3.15. The monoisotopic (exact) mass is 349 g/mol. The Bertz CT molecular complexity index is 1020. The fraction of sp³-hybridized carbons (Fsp3) is 0.250. The zero-order chi connectivity index (χ0) is 18.4. The van der Waals surface area contributed by atoms with Gasteiger partial charge in [0.2, 0.25) is 5.91 Å². The van der Waals surface area contributed by atoms with Crippen LogP contribution in [0.25, 0.3) is 11.0 Å². The summed E-state index contributed by atoms with van der Waals surface area (Å²) in [5, 5.41) is 0. The second-order valence-electron chi connectivity index (χ2n) is 6.56. The summed E-state index contributed by atoms with van der Waals surface area (Å²) in [4.78, 5) is 31.2. The molecule has 1 aliphatic heterocycles. The standard InChI is InChI=1S/C20H19N3O3/c1-12-8-16-17(9-13(12)2)22(11-21-16)18-10-19(24)23(20(18)25)14-4-6-15(26-3)7-5-14/h4-9,11,18H,10H2,1-3H3/t18-/m1/s1. The number of amides is 2. The molecule has 2 aromatic carbocycles. The molecule has 6 nitrogen and oxygen atoms in total. The summed E-state index contributed by atoms with van der Waals surface area (Å²) in [6, 6.07) is 10.4. The molecule has 1 aliphatic rings. The molecule has 1 atom stereocenters. The first kappa shape index (κ1) is 16.3. The summed E-state index contributed by atoms with van der Waals surface area (Å²) in [5.41, 5.74) is 4.53. The minimum Gasteiger partial charge on any atom is -0.497 e. The summed E-state index contributed by atoms with van der Waals surface area (Å²) < 4.78 is 6.94. The van der Waals surface area contributed by atoms with E-state index in [2.05, 4.69) is 4.98 Å². The van der Waals surface area contributed by atoms with Crippen molar-refractivity contribution in [1.82, 2.24) is 9.55 Å². The molecule has 0 aliphatic carbocycles. The van der Waals surface area contributed by atoms with E-state index >= 15 is 0 Å². The molecule has 0 radical (unpaired) electrons. The van der Waals surface area contributed by atoms with Crippen LogP contribution >= 0.6 is 0 Å². The van der Waals surface area contributed by atoms with E-state index in [9.17, 15) is 9.59 Å². The van der Waals surface area contributed by atoms with Crippen LogP contribution in [0.4, 0.5) is 5.69 Å². The number of fused-ring (bicyclic) bond motifs is 1. The summed E-state index contributed by atoms with van der Waals surface area (Å²) in [6.07, 6.45) is 1.78. The van der Waals surface area contributed by atoms with Crippen molar-refractivity contribution >= 4 is 28.5 Å². The number of aryl methyl sites for hydroxylation is 2. The molecule has 0 N–H and O–H groups in total. The van der Waals surface area contributed by atoms with E-state index in [0.717, 1.165) is 22.2 Å². The van der Waals surface area contributed by atoms with Gasteiger partial charge < -0.3 is 9.30 Å². The van der Waals surface area contributed by atoms with Gasteiger partial charge in [-0.3, -0.25) is 9.59 Å². The lowest BCUT2D eigenvalue weighted by atomic mass is 10.1. The van der Waals surface area contributed by atoms with Crippen LogP contribution in [0.1, 0.15) is 23.6 Å². The summed E-state index contributed by atoms with van der Waals surface area (Å²) >= 11 is 0. The number of imidazole rings is 1. The van der Waals surface area contributed by atoms with Gasteiger partial charge in [-0.25, -0.2) is 9.88 Å². The van der Waals surface area contributed by atoms with Gasteiger partial charge in [-0.05, 0) is 61.4 Å². The van der Waals surface area contributed by atoms with Gasteiger partial charge >= 0.3 is 0 Å². The van der Waals surface area contributed by atoms with Gasteiger partial charge in [0, 0.05) is 0 Å². The third-order valence-electron chi connectivity index (χ3n) is 4.98. The maximum Gasteiger partial charge on any atom is 0.257 e. The van der Waals surface area contributed by atoms with Gasteiger partial charge in [-0.1, -0.05) is 0 Å². The molecule has 132 valence electrons. The van der Waals surface area contributed by atoms with Crippen LogP contribution in [0.5, 0.6) is 5.75 Å². The Morgan fingerprint density at radius 3 is 2.46 bits per heavy atom. The van der Waals surface area contributed by atoms with Crippen molar-refractivity contribution in [3.63, 3.8) is 0 Å². The minimum atomic E-state index is -0.572. The van der Waals surface area contributed by atoms with Crippen LogP contribution in [0.3, 0.4) is 0 Å². The number of aromatic nitrogens is 2. The average Bonchev–Trinajstić information content (AvgIpc) is 3.15. The molecule has 1 saturated heterocycles. The maximum absolute atomic E-state index is 13.0. The van der Waals surface area contributed by atoms with Crippen LogP contribution in [0.15, 0.2) is 42.7 Å². The Balaban J connectivity index is 1.72. The lowest BCUT2D eigenvalue weighted by Crippen LogP contribution is -2.31. The number of imide groups is 1. The summed E-state index contributed by atoms with van der Waals surface area (Å²) in [7, 11) is 1.57. The molecule has 0 spiro atoms. The zero-order valence-electron chi connectivity index (χ0n) is 14.9. The van der Waals surface area contributed by atoms with Crippen LogP contribution in [0, 0.1) is 13.8 Å². The number of anilines is 1. The lowest BCUT2D eigenvalue weighted by Gasteiger charge is -2.16. The molecule has 1 aromatic heterocycles. The van der Waals surface area contributed by atoms with Gasteiger partial charge in [0.15, 0.2) is 0 Å². The van der Waals surface area contributed by atoms with Crippen LogP contribution in [0.2, 0.25) is 0 Å². The first-order chi connectivity index (χ1) is 12.5. The number of carbonyl (C=O) groups excluding carboxylic acids is 2. The topological polar surface area (TPSA) is 64.4 Å². The van der Waals surface area contributed by atoms with E-state index in [1.165, 1.54) is 4.90 Å². The first-order valence-corrected chi connectivity index (χ1v) is 8.44. The van der Waals surface area contributed by atoms with Gasteiger partial charge in [0.1, 0.15) is 11.8 Å². The number of ether oxygens (including phenoxy) is 1. The van der Waals surface area contributed by atoms with E-state index in [4.69, 9.17) is 4.74 Å². The minimum absolute atomic E-state index is 0.128. The largest absolute Gasteiger partial charge is 0.497 e. The number of methoxy groups -OCH3 is 1. The van der Waals surface area contributed by atoms with Crippen LogP contribution in [-0.4, -0.2) is 28.5 Å². The molecule has 26 heavy (non-hydrogen) atoms. The number of hydrogen-bond donors (Lipinski definition) is 0.